The first-order chi connectivity index (χ1) is 13.7. The van der Waals surface area contributed by atoms with E-state index in [-0.39, 0.29) is 33.6 Å². The predicted molar refractivity (Wildman–Crippen MR) is 112 cm³/mol. The highest BCUT2D eigenvalue weighted by Crippen LogP contribution is 2.40. The minimum atomic E-state index is -0.829. The maximum atomic E-state index is 12.6. The van der Waals surface area contributed by atoms with Gasteiger partial charge in [-0.3, -0.25) is 9.59 Å². The first-order valence-corrected chi connectivity index (χ1v) is 10.1. The molecule has 1 fully saturated rings. The lowest BCUT2D eigenvalue weighted by Crippen LogP contribution is -2.38. The van der Waals surface area contributed by atoms with Crippen molar-refractivity contribution < 1.29 is 24.2 Å². The standard InChI is InChI=1S/C21H16BrClO6/c1-9-4-12(17(7-13(9)22)28-11-5-10(6-11)21(26)27)18-8-16(25)19-15(24)3-2-14(23)20(19)29-18/h2-4,7-8,10-11,24H,5-6H2,1H3,(H,26,27)/t10-,11+. The predicted octanol–water partition coefficient (Wildman–Crippen LogP) is 5.13. The van der Waals surface area contributed by atoms with E-state index in [1.54, 1.807) is 6.07 Å². The molecule has 0 radical (unpaired) electrons. The summed E-state index contributed by atoms with van der Waals surface area (Å²) in [4.78, 5) is 23.7. The molecule has 0 amide bonds. The molecule has 1 saturated carbocycles. The molecular formula is C21H16BrClO6. The fraction of sp³-hybridized carbons (Fsp3) is 0.238. The Bertz CT molecular complexity index is 1200. The van der Waals surface area contributed by atoms with Crippen molar-refractivity contribution in [2.24, 2.45) is 5.92 Å². The number of halogens is 2. The van der Waals surface area contributed by atoms with E-state index in [4.69, 9.17) is 25.9 Å². The number of ether oxygens (including phenoxy) is 1. The zero-order valence-electron chi connectivity index (χ0n) is 15.2. The number of benzene rings is 2. The number of carboxylic acids is 1. The van der Waals surface area contributed by atoms with Crippen LogP contribution in [-0.4, -0.2) is 22.3 Å². The first-order valence-electron chi connectivity index (χ1n) is 8.90. The second-order valence-electron chi connectivity index (χ2n) is 7.09. The maximum Gasteiger partial charge on any atom is 0.306 e. The van der Waals surface area contributed by atoms with Gasteiger partial charge < -0.3 is 19.4 Å². The van der Waals surface area contributed by atoms with E-state index in [0.29, 0.717) is 24.2 Å². The summed E-state index contributed by atoms with van der Waals surface area (Å²) < 4.78 is 12.7. The van der Waals surface area contributed by atoms with Gasteiger partial charge in [0.05, 0.1) is 16.5 Å². The number of aromatic hydroxyl groups is 1. The van der Waals surface area contributed by atoms with Crippen molar-refractivity contribution in [3.8, 4) is 22.8 Å². The van der Waals surface area contributed by atoms with Gasteiger partial charge in [0.2, 0.25) is 0 Å². The van der Waals surface area contributed by atoms with Gasteiger partial charge in [0.25, 0.3) is 0 Å². The molecule has 1 aliphatic rings. The Morgan fingerprint density at radius 3 is 2.69 bits per heavy atom. The van der Waals surface area contributed by atoms with E-state index in [2.05, 4.69) is 15.9 Å². The third-order valence-electron chi connectivity index (χ3n) is 5.07. The molecule has 150 valence electrons. The van der Waals surface area contributed by atoms with E-state index in [9.17, 15) is 14.7 Å². The van der Waals surface area contributed by atoms with Crippen LogP contribution in [0.4, 0.5) is 0 Å². The van der Waals surface area contributed by atoms with Crippen molar-refractivity contribution in [2.45, 2.75) is 25.9 Å². The van der Waals surface area contributed by atoms with E-state index in [0.717, 1.165) is 10.0 Å². The number of rotatable bonds is 4. The third kappa shape index (κ3) is 3.60. The summed E-state index contributed by atoms with van der Waals surface area (Å²) in [5.41, 5.74) is 1.11. The molecule has 1 heterocycles. The van der Waals surface area contributed by atoms with Crippen LogP contribution in [0.5, 0.6) is 11.5 Å². The smallest absolute Gasteiger partial charge is 0.306 e. The lowest BCUT2D eigenvalue weighted by Gasteiger charge is -2.33. The van der Waals surface area contributed by atoms with Crippen molar-refractivity contribution in [3.63, 3.8) is 0 Å². The first kappa shape index (κ1) is 19.8. The number of carbonyl (C=O) groups is 1. The van der Waals surface area contributed by atoms with Crippen LogP contribution < -0.4 is 10.2 Å². The normalized spacial score (nSPS) is 18.4. The van der Waals surface area contributed by atoms with Crippen molar-refractivity contribution >= 4 is 44.5 Å². The Hall–Kier alpha value is -2.51. The van der Waals surface area contributed by atoms with E-state index in [1.165, 1.54) is 18.2 Å². The van der Waals surface area contributed by atoms with E-state index < -0.39 is 17.3 Å². The summed E-state index contributed by atoms with van der Waals surface area (Å²) in [6.45, 7) is 1.89. The minimum absolute atomic E-state index is 0.0147. The highest BCUT2D eigenvalue weighted by atomic mass is 79.9. The lowest BCUT2D eigenvalue weighted by atomic mass is 9.82. The fourth-order valence-electron chi connectivity index (χ4n) is 3.34. The van der Waals surface area contributed by atoms with Crippen LogP contribution in [0.25, 0.3) is 22.3 Å². The molecular weight excluding hydrogens is 464 g/mol. The van der Waals surface area contributed by atoms with Crippen molar-refractivity contribution in [3.05, 3.63) is 55.6 Å². The molecule has 6 nitrogen and oxygen atoms in total. The van der Waals surface area contributed by atoms with Crippen molar-refractivity contribution in [1.82, 2.24) is 0 Å². The SMILES string of the molecule is Cc1cc(-c2cc(=O)c3c(O)ccc(Cl)c3o2)c(O[C@H]2C[C@@H](C(=O)O)C2)cc1Br. The van der Waals surface area contributed by atoms with Gasteiger partial charge >= 0.3 is 5.97 Å². The molecule has 2 N–H and O–H groups in total. The molecule has 0 bridgehead atoms. The minimum Gasteiger partial charge on any atom is -0.507 e. The number of phenolic OH excluding ortho intramolecular Hbond substituents is 1. The number of aliphatic carboxylic acids is 1. The van der Waals surface area contributed by atoms with Crippen LogP contribution in [0.2, 0.25) is 5.02 Å². The Morgan fingerprint density at radius 2 is 2.00 bits per heavy atom. The number of hydrogen-bond acceptors (Lipinski definition) is 5. The lowest BCUT2D eigenvalue weighted by molar-refractivity contribution is -0.147. The van der Waals surface area contributed by atoms with Crippen LogP contribution in [0, 0.1) is 12.8 Å². The summed E-state index contributed by atoms with van der Waals surface area (Å²) in [5.74, 6) is -0.727. The maximum absolute atomic E-state index is 12.6. The highest BCUT2D eigenvalue weighted by molar-refractivity contribution is 9.10. The summed E-state index contributed by atoms with van der Waals surface area (Å²) in [7, 11) is 0. The summed E-state index contributed by atoms with van der Waals surface area (Å²) in [6.07, 6.45) is 0.604. The molecule has 1 aromatic heterocycles. The molecule has 0 unspecified atom stereocenters. The van der Waals surface area contributed by atoms with Gasteiger partial charge in [0.15, 0.2) is 11.0 Å². The zero-order valence-corrected chi connectivity index (χ0v) is 17.6. The molecule has 0 saturated heterocycles. The molecule has 0 aliphatic heterocycles. The van der Waals surface area contributed by atoms with E-state index in [1.807, 2.05) is 13.0 Å². The molecule has 0 spiro atoms. The van der Waals surface area contributed by atoms with Gasteiger partial charge in [-0.2, -0.15) is 0 Å². The zero-order chi connectivity index (χ0) is 20.9. The van der Waals surface area contributed by atoms with Crippen LogP contribution >= 0.6 is 27.5 Å². The number of carboxylic acid groups (broad SMARTS) is 1. The summed E-state index contributed by atoms with van der Waals surface area (Å²) in [5, 5.41) is 19.3. The van der Waals surface area contributed by atoms with Crippen LogP contribution in [0.15, 0.2) is 44.0 Å². The van der Waals surface area contributed by atoms with Crippen LogP contribution in [-0.2, 0) is 4.79 Å². The Kier molecular flexibility index (Phi) is 5.04. The topological polar surface area (TPSA) is 97.0 Å². The molecule has 8 heteroatoms. The van der Waals surface area contributed by atoms with Gasteiger partial charge in [-0.05, 0) is 49.6 Å². The molecule has 3 aromatic rings. The van der Waals surface area contributed by atoms with E-state index >= 15 is 0 Å². The average molecular weight is 480 g/mol. The second-order valence-corrected chi connectivity index (χ2v) is 8.35. The number of fused-ring (bicyclic) bond motifs is 1. The Morgan fingerprint density at radius 1 is 1.28 bits per heavy atom. The van der Waals surface area contributed by atoms with Crippen LogP contribution in [0.3, 0.4) is 0 Å². The molecule has 4 rings (SSSR count). The fourth-order valence-corrected chi connectivity index (χ4v) is 3.86. The second kappa shape index (κ2) is 7.39. The average Bonchev–Trinajstić information content (AvgIpc) is 2.62. The highest BCUT2D eigenvalue weighted by Gasteiger charge is 2.36. The largest absolute Gasteiger partial charge is 0.507 e. The Labute approximate surface area is 178 Å². The number of aryl methyl sites for hydroxylation is 1. The number of hydrogen-bond donors (Lipinski definition) is 2. The van der Waals surface area contributed by atoms with Crippen LogP contribution in [0.1, 0.15) is 18.4 Å². The van der Waals surface area contributed by atoms with Gasteiger partial charge in [-0.15, -0.1) is 0 Å². The van der Waals surface area contributed by atoms with Gasteiger partial charge in [-0.25, -0.2) is 0 Å². The van der Waals surface area contributed by atoms with Crippen molar-refractivity contribution in [2.75, 3.05) is 0 Å². The molecule has 1 aliphatic carbocycles. The molecule has 2 aromatic carbocycles. The number of phenols is 1. The molecule has 0 atom stereocenters. The van der Waals surface area contributed by atoms with Gasteiger partial charge in [-0.1, -0.05) is 27.5 Å². The van der Waals surface area contributed by atoms with Crippen molar-refractivity contribution in [1.29, 1.82) is 0 Å². The molecule has 29 heavy (non-hydrogen) atoms. The summed E-state index contributed by atoms with van der Waals surface area (Å²) in [6, 6.07) is 7.67. The monoisotopic (exact) mass is 478 g/mol. The third-order valence-corrected chi connectivity index (χ3v) is 6.22. The van der Waals surface area contributed by atoms with Gasteiger partial charge in [0, 0.05) is 10.5 Å². The summed E-state index contributed by atoms with van der Waals surface area (Å²) >= 11 is 9.65. The Balaban J connectivity index is 1.81. The quantitative estimate of drug-likeness (QED) is 0.538. The van der Waals surface area contributed by atoms with Gasteiger partial charge in [0.1, 0.15) is 28.7 Å².